The first-order chi connectivity index (χ1) is 11.4. The van der Waals surface area contributed by atoms with Crippen molar-refractivity contribution < 1.29 is 19.5 Å². The molecule has 1 aromatic rings. The van der Waals surface area contributed by atoms with Crippen LogP contribution in [0.15, 0.2) is 41.6 Å². The minimum Gasteiger partial charge on any atom is -0.477 e. The summed E-state index contributed by atoms with van der Waals surface area (Å²) >= 11 is 1.63. The fourth-order valence-electron chi connectivity index (χ4n) is 2.44. The molecule has 2 N–H and O–H groups in total. The third kappa shape index (κ3) is 4.17. The van der Waals surface area contributed by atoms with Crippen LogP contribution in [-0.2, 0) is 20.8 Å². The lowest BCUT2D eigenvalue weighted by molar-refractivity contribution is -0.146. The van der Waals surface area contributed by atoms with Crippen LogP contribution >= 0.6 is 11.8 Å². The molecule has 3 rings (SSSR count). The molecule has 0 aliphatic carbocycles. The summed E-state index contributed by atoms with van der Waals surface area (Å²) in [4.78, 5) is 34.2. The molecular formula is C17H20N2O4S. The van der Waals surface area contributed by atoms with Crippen molar-refractivity contribution in [2.45, 2.75) is 25.1 Å². The Bertz CT molecular complexity index is 672. The van der Waals surface area contributed by atoms with E-state index in [0.29, 0.717) is 12.8 Å². The second-order valence-corrected chi connectivity index (χ2v) is 6.67. The molecule has 2 heterocycles. The zero-order valence-electron chi connectivity index (χ0n) is 13.6. The number of aliphatic carboxylic acids is 1. The molecule has 0 radical (unpaired) electrons. The number of carboxylic acids is 1. The number of β-lactam (4-membered cyclic amide) rings is 1. The van der Waals surface area contributed by atoms with E-state index in [1.165, 1.54) is 4.90 Å². The maximum Gasteiger partial charge on any atom is 0.352 e. The van der Waals surface area contributed by atoms with Crippen molar-refractivity contribution in [3.63, 3.8) is 0 Å². The average Bonchev–Trinajstić information content (AvgIpc) is 2.56. The number of amides is 2. The monoisotopic (exact) mass is 348 g/mol. The van der Waals surface area contributed by atoms with Crippen LogP contribution in [0.5, 0.6) is 0 Å². The molecule has 0 unspecified atom stereocenters. The maximum atomic E-state index is 11.1. The molecule has 1 fully saturated rings. The number of fused-ring (bicyclic) bond motifs is 1. The van der Waals surface area contributed by atoms with Crippen LogP contribution in [-0.4, -0.2) is 46.0 Å². The van der Waals surface area contributed by atoms with Crippen LogP contribution in [0.3, 0.4) is 0 Å². The van der Waals surface area contributed by atoms with Crippen LogP contribution < -0.4 is 5.32 Å². The maximum absolute atomic E-state index is 11.1. The summed E-state index contributed by atoms with van der Waals surface area (Å²) in [6.45, 7) is 1.76. The fourth-order valence-corrected chi connectivity index (χ4v) is 3.65. The van der Waals surface area contributed by atoms with Gasteiger partial charge in [-0.2, -0.15) is 0 Å². The van der Waals surface area contributed by atoms with Gasteiger partial charge in [-0.1, -0.05) is 30.3 Å². The second kappa shape index (κ2) is 8.01. The van der Waals surface area contributed by atoms with Crippen LogP contribution in [0.4, 0.5) is 0 Å². The number of likely N-dealkylation sites (N-methyl/N-ethyl adjacent to an activating group) is 1. The van der Waals surface area contributed by atoms with E-state index in [1.54, 1.807) is 25.7 Å². The van der Waals surface area contributed by atoms with Gasteiger partial charge in [0.05, 0.1) is 18.2 Å². The molecule has 2 amide bonds. The van der Waals surface area contributed by atoms with Gasteiger partial charge in [0.1, 0.15) is 5.70 Å². The lowest BCUT2D eigenvalue weighted by Gasteiger charge is -2.43. The van der Waals surface area contributed by atoms with Gasteiger partial charge in [0.25, 0.3) is 0 Å². The third-order valence-electron chi connectivity index (χ3n) is 3.73. The minimum atomic E-state index is -0.990. The highest BCUT2D eigenvalue weighted by atomic mass is 32.2. The third-order valence-corrected chi connectivity index (χ3v) is 5.09. The van der Waals surface area contributed by atoms with E-state index in [0.717, 1.165) is 16.9 Å². The van der Waals surface area contributed by atoms with Gasteiger partial charge in [0.15, 0.2) is 0 Å². The van der Waals surface area contributed by atoms with Crippen molar-refractivity contribution in [1.82, 2.24) is 10.2 Å². The Hall–Kier alpha value is -2.28. The number of nitrogens with zero attached hydrogens (tertiary/aromatic N) is 1. The standard InChI is InChI=1S/C9H11NO.C8H9NO3S/c1-10-9(11)7-8-5-3-2-4-6-8;1-4-3-13-6-2-5(10)9(6)7(4)8(11)12/h2-6H,7H2,1H3,(H,10,11);6H,2-3H2,1H3,(H,11,12)/t;6-/m.0/s1. The normalized spacial score (nSPS) is 18.8. The number of carboxylic acid groups (broad SMARTS) is 1. The van der Waals surface area contributed by atoms with Crippen molar-refractivity contribution in [1.29, 1.82) is 0 Å². The predicted octanol–water partition coefficient (Wildman–Crippen LogP) is 1.63. The minimum absolute atomic E-state index is 0.0520. The van der Waals surface area contributed by atoms with E-state index in [1.807, 2.05) is 30.3 Å². The van der Waals surface area contributed by atoms with Gasteiger partial charge in [-0.05, 0) is 18.1 Å². The quantitative estimate of drug-likeness (QED) is 0.811. The molecular weight excluding hydrogens is 328 g/mol. The highest BCUT2D eigenvalue weighted by molar-refractivity contribution is 8.00. The molecule has 128 valence electrons. The van der Waals surface area contributed by atoms with Crippen molar-refractivity contribution in [3.8, 4) is 0 Å². The number of carbonyl (C=O) groups excluding carboxylic acids is 2. The van der Waals surface area contributed by atoms with Gasteiger partial charge < -0.3 is 10.4 Å². The summed E-state index contributed by atoms with van der Waals surface area (Å²) in [5.41, 5.74) is 2.02. The lowest BCUT2D eigenvalue weighted by Crippen LogP contribution is -2.53. The molecule has 2 aliphatic rings. The molecule has 1 atom stereocenters. The molecule has 7 heteroatoms. The Morgan fingerprint density at radius 3 is 2.50 bits per heavy atom. The Kier molecular flexibility index (Phi) is 6.03. The highest BCUT2D eigenvalue weighted by Crippen LogP contribution is 2.39. The van der Waals surface area contributed by atoms with Gasteiger partial charge >= 0.3 is 5.97 Å². The Labute approximate surface area is 144 Å². The van der Waals surface area contributed by atoms with E-state index >= 15 is 0 Å². The molecule has 1 aromatic carbocycles. The first kappa shape index (κ1) is 18.1. The summed E-state index contributed by atoms with van der Waals surface area (Å²) in [5.74, 6) is -0.295. The van der Waals surface area contributed by atoms with Crippen molar-refractivity contribution in [2.75, 3.05) is 12.8 Å². The SMILES string of the molecule is CC1=C(C(=O)O)N2C(=O)C[C@@H]2SC1.CNC(=O)Cc1ccccc1. The molecule has 24 heavy (non-hydrogen) atoms. The van der Waals surface area contributed by atoms with Gasteiger partial charge in [-0.15, -0.1) is 11.8 Å². The van der Waals surface area contributed by atoms with Gasteiger partial charge in [-0.3, -0.25) is 14.5 Å². The second-order valence-electron chi connectivity index (χ2n) is 5.50. The van der Waals surface area contributed by atoms with Crippen molar-refractivity contribution >= 4 is 29.5 Å². The number of benzene rings is 1. The first-order valence-electron chi connectivity index (χ1n) is 7.55. The van der Waals surface area contributed by atoms with E-state index in [2.05, 4.69) is 5.32 Å². The lowest BCUT2D eigenvalue weighted by atomic mass is 10.1. The Morgan fingerprint density at radius 1 is 1.33 bits per heavy atom. The molecule has 0 saturated carbocycles. The Balaban J connectivity index is 0.000000177. The highest BCUT2D eigenvalue weighted by Gasteiger charge is 2.44. The summed E-state index contributed by atoms with van der Waals surface area (Å²) in [5, 5.41) is 11.5. The van der Waals surface area contributed by atoms with Crippen LogP contribution in [0.2, 0.25) is 0 Å². The number of hydrogen-bond donors (Lipinski definition) is 2. The summed E-state index contributed by atoms with van der Waals surface area (Å²) in [7, 11) is 1.64. The molecule has 0 aromatic heterocycles. The number of nitrogens with one attached hydrogen (secondary N) is 1. The zero-order chi connectivity index (χ0) is 17.7. The first-order valence-corrected chi connectivity index (χ1v) is 8.60. The topological polar surface area (TPSA) is 86.7 Å². The predicted molar refractivity (Wildman–Crippen MR) is 92.3 cm³/mol. The van der Waals surface area contributed by atoms with Gasteiger partial charge in [0.2, 0.25) is 11.8 Å². The number of carbonyl (C=O) groups is 3. The average molecular weight is 348 g/mol. The van der Waals surface area contributed by atoms with E-state index < -0.39 is 5.97 Å². The summed E-state index contributed by atoms with van der Waals surface area (Å²) in [6, 6.07) is 9.67. The largest absolute Gasteiger partial charge is 0.477 e. The summed E-state index contributed by atoms with van der Waals surface area (Å²) < 4.78 is 0. The van der Waals surface area contributed by atoms with E-state index in [4.69, 9.17) is 5.11 Å². The van der Waals surface area contributed by atoms with E-state index in [9.17, 15) is 14.4 Å². The van der Waals surface area contributed by atoms with Crippen molar-refractivity contribution in [2.24, 2.45) is 0 Å². The van der Waals surface area contributed by atoms with E-state index in [-0.39, 0.29) is 22.9 Å². The zero-order valence-corrected chi connectivity index (χ0v) is 14.4. The van der Waals surface area contributed by atoms with Crippen LogP contribution in [0.1, 0.15) is 18.9 Å². The fraction of sp³-hybridized carbons (Fsp3) is 0.353. The number of rotatable bonds is 3. The number of thioether (sulfide) groups is 1. The van der Waals surface area contributed by atoms with Gasteiger partial charge in [0, 0.05) is 12.8 Å². The molecule has 1 saturated heterocycles. The summed E-state index contributed by atoms with van der Waals surface area (Å²) in [6.07, 6.45) is 0.950. The van der Waals surface area contributed by atoms with Gasteiger partial charge in [-0.25, -0.2) is 4.79 Å². The molecule has 0 spiro atoms. The molecule has 2 aliphatic heterocycles. The smallest absolute Gasteiger partial charge is 0.352 e. The number of hydrogen-bond acceptors (Lipinski definition) is 4. The molecule has 0 bridgehead atoms. The van der Waals surface area contributed by atoms with Crippen molar-refractivity contribution in [3.05, 3.63) is 47.2 Å². The Morgan fingerprint density at radius 2 is 2.00 bits per heavy atom. The van der Waals surface area contributed by atoms with Crippen LogP contribution in [0, 0.1) is 0 Å². The van der Waals surface area contributed by atoms with Crippen LogP contribution in [0.25, 0.3) is 0 Å². The molecule has 6 nitrogen and oxygen atoms in total.